The van der Waals surface area contributed by atoms with Gasteiger partial charge in [0.1, 0.15) is 0 Å². The van der Waals surface area contributed by atoms with Gasteiger partial charge < -0.3 is 5.11 Å². The van der Waals surface area contributed by atoms with Crippen LogP contribution in [0.1, 0.15) is 36.8 Å². The zero-order valence-electron chi connectivity index (χ0n) is 10.1. The Kier molecular flexibility index (Phi) is 3.66. The van der Waals surface area contributed by atoms with Crippen LogP contribution in [-0.2, 0) is 12.8 Å². The van der Waals surface area contributed by atoms with Gasteiger partial charge in [0, 0.05) is 12.8 Å². The van der Waals surface area contributed by atoms with Gasteiger partial charge in [-0.2, -0.15) is 13.2 Å². The summed E-state index contributed by atoms with van der Waals surface area (Å²) in [5.41, 5.74) is 1.32. The summed E-state index contributed by atoms with van der Waals surface area (Å²) in [4.78, 5) is 0. The van der Waals surface area contributed by atoms with E-state index in [1.54, 1.807) is 0 Å². The van der Waals surface area contributed by atoms with Gasteiger partial charge in [0.05, 0.1) is 5.60 Å². The van der Waals surface area contributed by atoms with Gasteiger partial charge in [-0.3, -0.25) is 0 Å². The summed E-state index contributed by atoms with van der Waals surface area (Å²) in [5, 5.41) is 10.3. The molecule has 0 spiro atoms. The first-order chi connectivity index (χ1) is 8.38. The molecule has 0 amide bonds. The average molecular weight is 258 g/mol. The molecule has 1 aliphatic carbocycles. The molecule has 0 bridgehead atoms. The van der Waals surface area contributed by atoms with Gasteiger partial charge in [-0.15, -0.1) is 0 Å². The monoisotopic (exact) mass is 258 g/mol. The first-order valence-electron chi connectivity index (χ1n) is 6.24. The highest BCUT2D eigenvalue weighted by Crippen LogP contribution is 2.33. The molecule has 1 atom stereocenters. The van der Waals surface area contributed by atoms with Crippen molar-refractivity contribution < 1.29 is 18.3 Å². The molecule has 1 N–H and O–H groups in total. The third-order valence-electron chi connectivity index (χ3n) is 3.60. The Balaban J connectivity index is 1.94. The summed E-state index contributed by atoms with van der Waals surface area (Å²) < 4.78 is 36.3. The number of fused-ring (bicyclic) bond motifs is 1. The maximum Gasteiger partial charge on any atom is 0.389 e. The zero-order valence-corrected chi connectivity index (χ0v) is 10.1. The first kappa shape index (κ1) is 13.4. The summed E-state index contributed by atoms with van der Waals surface area (Å²) in [5.74, 6) is 0. The van der Waals surface area contributed by atoms with E-state index >= 15 is 0 Å². The number of benzene rings is 1. The van der Waals surface area contributed by atoms with Crippen molar-refractivity contribution in [1.82, 2.24) is 0 Å². The highest BCUT2D eigenvalue weighted by Gasteiger charge is 2.34. The van der Waals surface area contributed by atoms with Crippen LogP contribution in [0.4, 0.5) is 13.2 Å². The third-order valence-corrected chi connectivity index (χ3v) is 3.60. The van der Waals surface area contributed by atoms with Crippen LogP contribution in [0.25, 0.3) is 0 Å². The highest BCUT2D eigenvalue weighted by molar-refractivity contribution is 5.31. The van der Waals surface area contributed by atoms with Gasteiger partial charge in [-0.05, 0) is 36.8 Å². The molecule has 1 aliphatic rings. The van der Waals surface area contributed by atoms with E-state index in [4.69, 9.17) is 0 Å². The van der Waals surface area contributed by atoms with Crippen LogP contribution in [-0.4, -0.2) is 16.9 Å². The molecule has 0 fully saturated rings. The van der Waals surface area contributed by atoms with Crippen molar-refractivity contribution in [2.75, 3.05) is 0 Å². The maximum absolute atomic E-state index is 12.1. The zero-order chi connectivity index (χ0) is 13.2. The second kappa shape index (κ2) is 4.92. The smallest absolute Gasteiger partial charge is 0.389 e. The molecule has 1 aromatic carbocycles. The molecule has 0 saturated heterocycles. The molecule has 4 heteroatoms. The Morgan fingerprint density at radius 3 is 2.50 bits per heavy atom. The average Bonchev–Trinajstić information content (AvgIpc) is 2.27. The number of alkyl halides is 3. The molecular formula is C14H17F3O. The van der Waals surface area contributed by atoms with Crippen LogP contribution in [0.3, 0.4) is 0 Å². The van der Waals surface area contributed by atoms with Gasteiger partial charge in [0.25, 0.3) is 0 Å². The minimum atomic E-state index is -4.12. The molecule has 100 valence electrons. The van der Waals surface area contributed by atoms with Crippen LogP contribution in [0.2, 0.25) is 0 Å². The number of aliphatic hydroxyl groups is 1. The van der Waals surface area contributed by atoms with Crippen molar-refractivity contribution in [3.63, 3.8) is 0 Å². The van der Waals surface area contributed by atoms with Crippen LogP contribution in [0.5, 0.6) is 0 Å². The van der Waals surface area contributed by atoms with E-state index in [0.29, 0.717) is 12.8 Å². The lowest BCUT2D eigenvalue weighted by Gasteiger charge is -2.33. The van der Waals surface area contributed by atoms with Crippen molar-refractivity contribution in [2.45, 2.75) is 50.3 Å². The predicted molar refractivity (Wildman–Crippen MR) is 63.3 cm³/mol. The Bertz CT molecular complexity index is 414. The van der Waals surface area contributed by atoms with E-state index in [1.165, 1.54) is 5.56 Å². The largest absolute Gasteiger partial charge is 0.390 e. The summed E-state index contributed by atoms with van der Waals surface area (Å²) in [7, 11) is 0. The van der Waals surface area contributed by atoms with Crippen molar-refractivity contribution in [1.29, 1.82) is 0 Å². The molecule has 0 heterocycles. The van der Waals surface area contributed by atoms with Crippen molar-refractivity contribution in [3.05, 3.63) is 35.4 Å². The highest BCUT2D eigenvalue weighted by atomic mass is 19.4. The number of hydrogen-bond acceptors (Lipinski definition) is 1. The molecule has 1 unspecified atom stereocenters. The molecular weight excluding hydrogens is 241 g/mol. The van der Waals surface area contributed by atoms with Gasteiger partial charge >= 0.3 is 6.18 Å². The molecule has 0 radical (unpaired) electrons. The van der Waals surface area contributed by atoms with Gasteiger partial charge in [0.2, 0.25) is 0 Å². The lowest BCUT2D eigenvalue weighted by atomic mass is 9.78. The van der Waals surface area contributed by atoms with Crippen LogP contribution in [0, 0.1) is 0 Å². The SMILES string of the molecule is OC1(CCCC(F)(F)F)CCc2ccccc2C1. The maximum atomic E-state index is 12.1. The Morgan fingerprint density at radius 2 is 1.83 bits per heavy atom. The number of rotatable bonds is 3. The minimum absolute atomic E-state index is 0.00215. The van der Waals surface area contributed by atoms with Crippen molar-refractivity contribution in [2.24, 2.45) is 0 Å². The topological polar surface area (TPSA) is 20.2 Å². The fourth-order valence-corrected chi connectivity index (χ4v) is 2.62. The molecule has 0 aliphatic heterocycles. The molecule has 0 aromatic heterocycles. The summed E-state index contributed by atoms with van der Waals surface area (Å²) >= 11 is 0. The third kappa shape index (κ3) is 3.48. The van der Waals surface area contributed by atoms with Crippen molar-refractivity contribution in [3.8, 4) is 0 Å². The second-order valence-corrected chi connectivity index (χ2v) is 5.14. The van der Waals surface area contributed by atoms with E-state index in [1.807, 2.05) is 24.3 Å². The summed E-state index contributed by atoms with van der Waals surface area (Å²) in [6.07, 6.45) is -2.93. The normalized spacial score (nSPS) is 23.8. The summed E-state index contributed by atoms with van der Waals surface area (Å²) in [6, 6.07) is 7.82. The van der Waals surface area contributed by atoms with Gasteiger partial charge in [-0.1, -0.05) is 24.3 Å². The number of hydrogen-bond donors (Lipinski definition) is 1. The van der Waals surface area contributed by atoms with Crippen LogP contribution < -0.4 is 0 Å². The number of halogens is 3. The molecule has 1 aromatic rings. The van der Waals surface area contributed by atoms with Crippen LogP contribution >= 0.6 is 0 Å². The van der Waals surface area contributed by atoms with Crippen molar-refractivity contribution >= 4 is 0 Å². The Hall–Kier alpha value is -1.03. The van der Waals surface area contributed by atoms with E-state index in [-0.39, 0.29) is 12.8 Å². The molecule has 2 rings (SSSR count). The quantitative estimate of drug-likeness (QED) is 0.877. The Morgan fingerprint density at radius 1 is 1.17 bits per heavy atom. The lowest BCUT2D eigenvalue weighted by molar-refractivity contribution is -0.138. The van der Waals surface area contributed by atoms with Crippen LogP contribution in [0.15, 0.2) is 24.3 Å². The fraction of sp³-hybridized carbons (Fsp3) is 0.571. The molecule has 1 nitrogen and oxygen atoms in total. The Labute approximate surface area is 105 Å². The van der Waals surface area contributed by atoms with E-state index in [9.17, 15) is 18.3 Å². The van der Waals surface area contributed by atoms with E-state index in [2.05, 4.69) is 0 Å². The summed E-state index contributed by atoms with van der Waals surface area (Å²) in [6.45, 7) is 0. The second-order valence-electron chi connectivity index (χ2n) is 5.14. The van der Waals surface area contributed by atoms with Gasteiger partial charge in [0.15, 0.2) is 0 Å². The standard InChI is InChI=1S/C14H17F3O/c15-14(16,17)8-3-7-13(18)9-6-11-4-1-2-5-12(11)10-13/h1-2,4-5,18H,3,6-10H2. The minimum Gasteiger partial charge on any atom is -0.390 e. The van der Waals surface area contributed by atoms with E-state index in [0.717, 1.165) is 12.0 Å². The predicted octanol–water partition coefficient (Wildman–Crippen LogP) is 3.64. The first-order valence-corrected chi connectivity index (χ1v) is 6.24. The van der Waals surface area contributed by atoms with Gasteiger partial charge in [-0.25, -0.2) is 0 Å². The molecule has 18 heavy (non-hydrogen) atoms. The fourth-order valence-electron chi connectivity index (χ4n) is 2.62. The molecule has 0 saturated carbocycles. The number of aryl methyl sites for hydroxylation is 1. The lowest BCUT2D eigenvalue weighted by Crippen LogP contribution is -2.36. The van der Waals surface area contributed by atoms with E-state index < -0.39 is 18.2 Å².